The number of rotatable bonds is 7. The molecule has 0 aliphatic carbocycles. The van der Waals surface area contributed by atoms with Gasteiger partial charge >= 0.3 is 0 Å². The highest BCUT2D eigenvalue weighted by Gasteiger charge is 2.31. The van der Waals surface area contributed by atoms with E-state index >= 15 is 0 Å². The summed E-state index contributed by atoms with van der Waals surface area (Å²) < 4.78 is 13.1. The number of fused-ring (bicyclic) bond motifs is 1. The van der Waals surface area contributed by atoms with Gasteiger partial charge in [0.05, 0.1) is 29.8 Å². The first-order valence-corrected chi connectivity index (χ1v) is 13.7. The number of carbonyl (C=O) groups excluding carboxylic acids is 2. The zero-order valence-corrected chi connectivity index (χ0v) is 23.8. The molecule has 0 spiro atoms. The lowest BCUT2D eigenvalue weighted by atomic mass is 9.92. The van der Waals surface area contributed by atoms with Crippen molar-refractivity contribution < 1.29 is 18.7 Å². The van der Waals surface area contributed by atoms with E-state index in [1.54, 1.807) is 11.8 Å². The molecule has 1 fully saturated rings. The summed E-state index contributed by atoms with van der Waals surface area (Å²) in [4.78, 5) is 40.4. The number of likely N-dealkylation sites (tertiary alicyclic amines) is 1. The molecular weight excluding hydrogens is 536 g/mol. The van der Waals surface area contributed by atoms with Gasteiger partial charge in [0.1, 0.15) is 17.9 Å². The largest absolute Gasteiger partial charge is 0.494 e. The average Bonchev–Trinajstić information content (AvgIpc) is 3.77. The number of nitrogens with zero attached hydrogens (tertiary/aromatic N) is 7. The standard InChI is InChI=1S/C30H30N8O4/c1-17(2)28-34-35-29(42-28)23(19-8-6-5-7-9-19)20-10-12-37(13-11-20)30(40)26(39)21-14-31-25-24(21)22(41-4)15-32-27(25)38-16-33-18(3)36-38/h5-9,14-17,31H,10-13H2,1-4H3. The molecule has 0 unspecified atom stereocenters. The van der Waals surface area contributed by atoms with Crippen LogP contribution in [0.3, 0.4) is 0 Å². The Kier molecular flexibility index (Phi) is 7.11. The topological polar surface area (TPSA) is 145 Å². The van der Waals surface area contributed by atoms with Crippen LogP contribution in [-0.2, 0) is 4.79 Å². The molecule has 1 aliphatic rings. The molecule has 4 aromatic heterocycles. The number of aryl methyl sites for hydroxylation is 1. The normalized spacial score (nSPS) is 13.6. The van der Waals surface area contributed by atoms with Crippen LogP contribution in [0.5, 0.6) is 5.75 Å². The van der Waals surface area contributed by atoms with E-state index in [0.29, 0.717) is 66.0 Å². The number of Topliss-reactive ketones (excluding diaryl/α,β-unsaturated/α-hetero) is 1. The Hall–Kier alpha value is -5.13. The third kappa shape index (κ3) is 4.84. The van der Waals surface area contributed by atoms with E-state index in [1.165, 1.54) is 30.5 Å². The highest BCUT2D eigenvalue weighted by Crippen LogP contribution is 2.34. The number of hydrogen-bond donors (Lipinski definition) is 1. The van der Waals surface area contributed by atoms with Crippen molar-refractivity contribution in [2.24, 2.45) is 0 Å². The lowest BCUT2D eigenvalue weighted by Crippen LogP contribution is -2.40. The number of hydrogen-bond acceptors (Lipinski definition) is 9. The van der Waals surface area contributed by atoms with Gasteiger partial charge in [-0.05, 0) is 25.3 Å². The summed E-state index contributed by atoms with van der Waals surface area (Å²) in [5, 5.41) is 13.4. The Morgan fingerprint density at radius 3 is 2.48 bits per heavy atom. The molecule has 5 aromatic rings. The number of methoxy groups -OCH3 is 1. The second-order valence-electron chi connectivity index (χ2n) is 10.4. The summed E-state index contributed by atoms with van der Waals surface area (Å²) in [6.45, 7) is 6.54. The van der Waals surface area contributed by atoms with Gasteiger partial charge in [-0.15, -0.1) is 10.2 Å². The number of ether oxygens (including phenoxy) is 1. The van der Waals surface area contributed by atoms with Crippen LogP contribution in [-0.4, -0.2) is 71.7 Å². The summed E-state index contributed by atoms with van der Waals surface area (Å²) in [6.07, 6.45) is 5.71. The molecule has 1 saturated heterocycles. The molecule has 42 heavy (non-hydrogen) atoms. The van der Waals surface area contributed by atoms with Crippen LogP contribution in [0, 0.1) is 6.92 Å². The molecule has 5 heterocycles. The van der Waals surface area contributed by atoms with E-state index in [9.17, 15) is 9.59 Å². The van der Waals surface area contributed by atoms with Crippen LogP contribution < -0.4 is 4.74 Å². The van der Waals surface area contributed by atoms with E-state index in [4.69, 9.17) is 9.15 Å². The molecule has 0 atom stereocenters. The van der Waals surface area contributed by atoms with E-state index < -0.39 is 11.7 Å². The van der Waals surface area contributed by atoms with Crippen LogP contribution in [0.25, 0.3) is 22.3 Å². The number of piperidine rings is 1. The van der Waals surface area contributed by atoms with Crippen molar-refractivity contribution in [3.63, 3.8) is 0 Å². The van der Waals surface area contributed by atoms with Gasteiger partial charge in [-0.25, -0.2) is 14.6 Å². The fourth-order valence-corrected chi connectivity index (χ4v) is 5.20. The first-order chi connectivity index (χ1) is 20.4. The highest BCUT2D eigenvalue weighted by molar-refractivity contribution is 6.45. The minimum Gasteiger partial charge on any atom is -0.494 e. The smallest absolute Gasteiger partial charge is 0.295 e. The van der Waals surface area contributed by atoms with E-state index in [2.05, 4.69) is 30.2 Å². The predicted molar refractivity (Wildman–Crippen MR) is 153 cm³/mol. The molecule has 0 radical (unpaired) electrons. The van der Waals surface area contributed by atoms with Crippen molar-refractivity contribution in [1.82, 2.24) is 39.8 Å². The molecule has 1 amide bonds. The third-order valence-corrected chi connectivity index (χ3v) is 7.36. The zero-order chi connectivity index (χ0) is 29.4. The molecule has 12 heteroatoms. The van der Waals surface area contributed by atoms with Crippen LogP contribution in [0.2, 0.25) is 0 Å². The van der Waals surface area contributed by atoms with Gasteiger partial charge in [-0.3, -0.25) is 9.59 Å². The number of carbonyl (C=O) groups is 2. The van der Waals surface area contributed by atoms with Gasteiger partial charge in [0.15, 0.2) is 5.82 Å². The van der Waals surface area contributed by atoms with Gasteiger partial charge in [0.25, 0.3) is 11.7 Å². The van der Waals surface area contributed by atoms with Crippen LogP contribution in [0.15, 0.2) is 59.0 Å². The third-order valence-electron chi connectivity index (χ3n) is 7.36. The summed E-state index contributed by atoms with van der Waals surface area (Å²) in [6, 6.07) is 9.91. The van der Waals surface area contributed by atoms with E-state index in [0.717, 1.165) is 16.7 Å². The first-order valence-electron chi connectivity index (χ1n) is 13.7. The molecule has 1 aliphatic heterocycles. The maximum atomic E-state index is 13.6. The van der Waals surface area contributed by atoms with E-state index in [1.807, 2.05) is 44.2 Å². The van der Waals surface area contributed by atoms with Gasteiger partial charge in [0.2, 0.25) is 11.8 Å². The van der Waals surface area contributed by atoms with Crippen molar-refractivity contribution in [1.29, 1.82) is 0 Å². The quantitative estimate of drug-likeness (QED) is 0.225. The molecule has 0 bridgehead atoms. The number of H-pyrrole nitrogens is 1. The van der Waals surface area contributed by atoms with Crippen molar-refractivity contribution in [2.75, 3.05) is 20.2 Å². The maximum Gasteiger partial charge on any atom is 0.295 e. The summed E-state index contributed by atoms with van der Waals surface area (Å²) in [7, 11) is 1.50. The van der Waals surface area contributed by atoms with Crippen LogP contribution in [0.4, 0.5) is 0 Å². The molecular formula is C30H30N8O4. The van der Waals surface area contributed by atoms with Crippen molar-refractivity contribution >= 4 is 28.2 Å². The van der Waals surface area contributed by atoms with Crippen molar-refractivity contribution in [2.45, 2.75) is 39.5 Å². The minimum atomic E-state index is -0.624. The second kappa shape index (κ2) is 11.0. The Morgan fingerprint density at radius 2 is 1.83 bits per heavy atom. The monoisotopic (exact) mass is 566 g/mol. The number of nitrogens with one attached hydrogen (secondary N) is 1. The van der Waals surface area contributed by atoms with E-state index in [-0.39, 0.29) is 11.5 Å². The summed E-state index contributed by atoms with van der Waals surface area (Å²) in [5.74, 6) is 1.34. The molecule has 6 rings (SSSR count). The van der Waals surface area contributed by atoms with Gasteiger partial charge < -0.3 is 19.0 Å². The van der Waals surface area contributed by atoms with Crippen molar-refractivity contribution in [3.8, 4) is 11.6 Å². The Morgan fingerprint density at radius 1 is 1.07 bits per heavy atom. The zero-order valence-electron chi connectivity index (χ0n) is 23.8. The fourth-order valence-electron chi connectivity index (χ4n) is 5.20. The van der Waals surface area contributed by atoms with Crippen molar-refractivity contribution in [3.05, 3.63) is 83.4 Å². The van der Waals surface area contributed by atoms with Gasteiger partial charge in [-0.1, -0.05) is 49.8 Å². The molecule has 1 aromatic carbocycles. The number of aromatic nitrogens is 7. The predicted octanol–water partition coefficient (Wildman–Crippen LogP) is 4.27. The number of aromatic amines is 1. The van der Waals surface area contributed by atoms with Gasteiger partial charge in [0, 0.05) is 30.8 Å². The molecule has 1 N–H and O–H groups in total. The summed E-state index contributed by atoms with van der Waals surface area (Å²) >= 11 is 0. The highest BCUT2D eigenvalue weighted by atomic mass is 16.5. The summed E-state index contributed by atoms with van der Waals surface area (Å²) in [5.41, 5.74) is 3.69. The SMILES string of the molecule is COc1cnc(-n2cnc(C)n2)c2[nH]cc(C(=O)C(=O)N3CCC(=C(c4ccccc4)c4nnc(C(C)C)o4)CC3)c12. The number of benzene rings is 1. The second-order valence-corrected chi connectivity index (χ2v) is 10.4. The van der Waals surface area contributed by atoms with Crippen LogP contribution >= 0.6 is 0 Å². The first kappa shape index (κ1) is 27.1. The number of amides is 1. The minimum absolute atomic E-state index is 0.106. The number of pyridine rings is 1. The fraction of sp³-hybridized carbons (Fsp3) is 0.300. The van der Waals surface area contributed by atoms with Crippen LogP contribution in [0.1, 0.15) is 66.1 Å². The molecule has 0 saturated carbocycles. The Balaban J connectivity index is 1.28. The lowest BCUT2D eigenvalue weighted by molar-refractivity contribution is -0.126. The Bertz CT molecular complexity index is 1810. The van der Waals surface area contributed by atoms with Gasteiger partial charge in [-0.2, -0.15) is 5.10 Å². The Labute approximate surface area is 241 Å². The maximum absolute atomic E-state index is 13.6. The molecule has 12 nitrogen and oxygen atoms in total. The average molecular weight is 567 g/mol. The lowest BCUT2D eigenvalue weighted by Gasteiger charge is -2.29. The molecule has 214 valence electrons. The number of ketones is 1.